The molecule has 26 heavy (non-hydrogen) atoms. The molecule has 2 N–H and O–H groups in total. The Morgan fingerprint density at radius 3 is 2.19 bits per heavy atom. The van der Waals surface area contributed by atoms with E-state index in [9.17, 15) is 9.59 Å². The summed E-state index contributed by atoms with van der Waals surface area (Å²) < 4.78 is 10.4. The van der Waals surface area contributed by atoms with Crippen molar-refractivity contribution in [1.82, 2.24) is 5.32 Å². The maximum absolute atomic E-state index is 12.6. The van der Waals surface area contributed by atoms with Gasteiger partial charge in [-0.1, -0.05) is 30.3 Å². The van der Waals surface area contributed by atoms with Crippen LogP contribution in [0.5, 0.6) is 11.5 Å². The molecule has 0 bridgehead atoms. The Labute approximate surface area is 153 Å². The fourth-order valence-electron chi connectivity index (χ4n) is 2.30. The molecule has 2 aromatic rings. The molecule has 2 amide bonds. The average Bonchev–Trinajstić information content (AvgIpc) is 2.66. The summed E-state index contributed by atoms with van der Waals surface area (Å²) in [6, 6.07) is 14.6. The molecular weight excluding hydrogens is 332 g/mol. The minimum atomic E-state index is -1.23. The zero-order valence-electron chi connectivity index (χ0n) is 15.5. The second kappa shape index (κ2) is 8.38. The number of hydrogen-bond donors (Lipinski definition) is 2. The van der Waals surface area contributed by atoms with Crippen LogP contribution < -0.4 is 20.1 Å². The smallest absolute Gasteiger partial charge is 0.239 e. The topological polar surface area (TPSA) is 76.7 Å². The SMILES string of the molecule is COc1ccc(NC(=O)C(C)(C)C(=O)NCc2ccccc2)cc1OC. The number of ether oxygens (including phenoxy) is 2. The highest BCUT2D eigenvalue weighted by Crippen LogP contribution is 2.30. The first kappa shape index (κ1) is 19.3. The van der Waals surface area contributed by atoms with Crippen molar-refractivity contribution < 1.29 is 19.1 Å². The molecule has 0 fully saturated rings. The van der Waals surface area contributed by atoms with Gasteiger partial charge in [0, 0.05) is 18.3 Å². The molecule has 0 spiro atoms. The number of nitrogens with one attached hydrogen (secondary N) is 2. The van der Waals surface area contributed by atoms with Crippen molar-refractivity contribution in [3.05, 3.63) is 54.1 Å². The summed E-state index contributed by atoms with van der Waals surface area (Å²) in [6.45, 7) is 3.54. The molecule has 0 unspecified atom stereocenters. The van der Waals surface area contributed by atoms with Crippen molar-refractivity contribution in [2.75, 3.05) is 19.5 Å². The Morgan fingerprint density at radius 2 is 1.58 bits per heavy atom. The van der Waals surface area contributed by atoms with Crippen molar-refractivity contribution in [3.63, 3.8) is 0 Å². The lowest BCUT2D eigenvalue weighted by molar-refractivity contribution is -0.138. The first-order valence-corrected chi connectivity index (χ1v) is 8.24. The van der Waals surface area contributed by atoms with Gasteiger partial charge in [-0.05, 0) is 31.5 Å². The third-order valence-corrected chi connectivity index (χ3v) is 4.07. The molecule has 0 aliphatic rings. The maximum atomic E-state index is 12.6. The van der Waals surface area contributed by atoms with Crippen LogP contribution in [0.15, 0.2) is 48.5 Å². The molecule has 0 aromatic heterocycles. The Morgan fingerprint density at radius 1 is 0.923 bits per heavy atom. The van der Waals surface area contributed by atoms with Gasteiger partial charge in [0.25, 0.3) is 0 Å². The molecule has 6 heteroatoms. The standard InChI is InChI=1S/C20H24N2O4/c1-20(2,18(23)21-13-14-8-6-5-7-9-14)19(24)22-15-10-11-16(25-3)17(12-15)26-4/h5-12H,13H2,1-4H3,(H,21,23)(H,22,24). The van der Waals surface area contributed by atoms with Crippen LogP contribution in [0.1, 0.15) is 19.4 Å². The van der Waals surface area contributed by atoms with E-state index in [1.807, 2.05) is 30.3 Å². The van der Waals surface area contributed by atoms with E-state index in [-0.39, 0.29) is 5.91 Å². The average molecular weight is 356 g/mol. The molecule has 2 rings (SSSR count). The third-order valence-electron chi connectivity index (χ3n) is 4.07. The molecule has 2 aromatic carbocycles. The van der Waals surface area contributed by atoms with Gasteiger partial charge in [-0.15, -0.1) is 0 Å². The van der Waals surface area contributed by atoms with Crippen LogP contribution in [0.4, 0.5) is 5.69 Å². The fraction of sp³-hybridized carbons (Fsp3) is 0.300. The minimum Gasteiger partial charge on any atom is -0.493 e. The molecule has 0 saturated heterocycles. The van der Waals surface area contributed by atoms with Crippen molar-refractivity contribution >= 4 is 17.5 Å². The van der Waals surface area contributed by atoms with E-state index in [4.69, 9.17) is 9.47 Å². The minimum absolute atomic E-state index is 0.348. The van der Waals surface area contributed by atoms with E-state index in [2.05, 4.69) is 10.6 Å². The number of anilines is 1. The van der Waals surface area contributed by atoms with Gasteiger partial charge in [0.15, 0.2) is 11.5 Å². The van der Waals surface area contributed by atoms with Gasteiger partial charge in [-0.25, -0.2) is 0 Å². The highest BCUT2D eigenvalue weighted by molar-refractivity contribution is 6.09. The van der Waals surface area contributed by atoms with Gasteiger partial charge < -0.3 is 20.1 Å². The number of hydrogen-bond acceptors (Lipinski definition) is 4. The Bertz CT molecular complexity index is 773. The first-order valence-electron chi connectivity index (χ1n) is 8.24. The molecular formula is C20H24N2O4. The summed E-state index contributed by atoms with van der Waals surface area (Å²) in [5.74, 6) is 0.302. The van der Waals surface area contributed by atoms with E-state index in [1.165, 1.54) is 14.2 Å². The van der Waals surface area contributed by atoms with Crippen molar-refractivity contribution in [2.45, 2.75) is 20.4 Å². The van der Waals surface area contributed by atoms with Gasteiger partial charge in [-0.2, -0.15) is 0 Å². The molecule has 0 heterocycles. The number of methoxy groups -OCH3 is 2. The third kappa shape index (κ3) is 4.53. The number of carbonyl (C=O) groups excluding carboxylic acids is 2. The summed E-state index contributed by atoms with van der Waals surface area (Å²) in [6.07, 6.45) is 0. The first-order chi connectivity index (χ1) is 12.4. The van der Waals surface area contributed by atoms with Crippen LogP contribution in [0.2, 0.25) is 0 Å². The molecule has 0 saturated carbocycles. The lowest BCUT2D eigenvalue weighted by Gasteiger charge is -2.23. The van der Waals surface area contributed by atoms with E-state index < -0.39 is 11.3 Å². The van der Waals surface area contributed by atoms with Gasteiger partial charge in [0.1, 0.15) is 5.41 Å². The van der Waals surface area contributed by atoms with Crippen LogP contribution in [0.3, 0.4) is 0 Å². The molecule has 0 atom stereocenters. The monoisotopic (exact) mass is 356 g/mol. The number of benzene rings is 2. The van der Waals surface area contributed by atoms with Crippen molar-refractivity contribution in [2.24, 2.45) is 5.41 Å². The second-order valence-electron chi connectivity index (χ2n) is 6.32. The van der Waals surface area contributed by atoms with E-state index in [0.29, 0.717) is 23.7 Å². The van der Waals surface area contributed by atoms with Crippen LogP contribution in [0, 0.1) is 5.41 Å². The van der Waals surface area contributed by atoms with Crippen molar-refractivity contribution in [3.8, 4) is 11.5 Å². The van der Waals surface area contributed by atoms with E-state index in [0.717, 1.165) is 5.56 Å². The molecule has 0 aliphatic carbocycles. The van der Waals surface area contributed by atoms with E-state index in [1.54, 1.807) is 32.0 Å². The summed E-state index contributed by atoms with van der Waals surface area (Å²) >= 11 is 0. The highest BCUT2D eigenvalue weighted by atomic mass is 16.5. The highest BCUT2D eigenvalue weighted by Gasteiger charge is 2.36. The van der Waals surface area contributed by atoms with Crippen LogP contribution in [0.25, 0.3) is 0 Å². The molecule has 0 aliphatic heterocycles. The summed E-state index contributed by atoms with van der Waals surface area (Å²) in [5, 5.41) is 5.55. The Kier molecular flexibility index (Phi) is 6.22. The predicted molar refractivity (Wildman–Crippen MR) is 100 cm³/mol. The summed E-state index contributed by atoms with van der Waals surface area (Å²) in [4.78, 5) is 25.1. The van der Waals surface area contributed by atoms with Crippen LogP contribution in [-0.4, -0.2) is 26.0 Å². The predicted octanol–water partition coefficient (Wildman–Crippen LogP) is 2.98. The fourth-order valence-corrected chi connectivity index (χ4v) is 2.30. The largest absolute Gasteiger partial charge is 0.493 e. The van der Waals surface area contributed by atoms with Gasteiger partial charge in [-0.3, -0.25) is 9.59 Å². The number of carbonyl (C=O) groups is 2. The lowest BCUT2D eigenvalue weighted by atomic mass is 9.90. The zero-order valence-corrected chi connectivity index (χ0v) is 15.5. The zero-order chi connectivity index (χ0) is 19.2. The summed E-state index contributed by atoms with van der Waals surface area (Å²) in [7, 11) is 3.06. The van der Waals surface area contributed by atoms with Crippen LogP contribution >= 0.6 is 0 Å². The van der Waals surface area contributed by atoms with Gasteiger partial charge in [0.05, 0.1) is 14.2 Å². The second-order valence-corrected chi connectivity index (χ2v) is 6.32. The Balaban J connectivity index is 2.03. The summed E-state index contributed by atoms with van der Waals surface area (Å²) in [5.41, 5.74) is 0.260. The number of amides is 2. The lowest BCUT2D eigenvalue weighted by Crippen LogP contribution is -2.44. The van der Waals surface area contributed by atoms with Gasteiger partial charge >= 0.3 is 0 Å². The van der Waals surface area contributed by atoms with E-state index >= 15 is 0 Å². The number of rotatable bonds is 7. The maximum Gasteiger partial charge on any atom is 0.239 e. The quantitative estimate of drug-likeness (QED) is 0.748. The van der Waals surface area contributed by atoms with Crippen LogP contribution in [-0.2, 0) is 16.1 Å². The molecule has 6 nitrogen and oxygen atoms in total. The molecule has 0 radical (unpaired) electrons. The van der Waals surface area contributed by atoms with Gasteiger partial charge in [0.2, 0.25) is 11.8 Å². The normalized spacial score (nSPS) is 10.8. The van der Waals surface area contributed by atoms with Crippen molar-refractivity contribution in [1.29, 1.82) is 0 Å². The Hall–Kier alpha value is -3.02. The molecule has 138 valence electrons.